The van der Waals surface area contributed by atoms with Gasteiger partial charge in [0.05, 0.1) is 0 Å². The Bertz CT molecular complexity index is 1820. The quantitative estimate of drug-likeness (QED) is 0.234. The van der Waals surface area contributed by atoms with Gasteiger partial charge in [-0.25, -0.2) is 9.37 Å². The molecule has 0 radical (unpaired) electrons. The molecule has 12 heteroatoms. The Morgan fingerprint density at radius 1 is 1.20 bits per heavy atom. The van der Waals surface area contributed by atoms with Gasteiger partial charge in [0.25, 0.3) is 5.91 Å². The number of ether oxygens (including phenoxy) is 2. The summed E-state index contributed by atoms with van der Waals surface area (Å²) < 4.78 is 52.0. The number of fused-ring (bicyclic) bond motifs is 2. The van der Waals surface area contributed by atoms with Gasteiger partial charge in [0.15, 0.2) is 5.75 Å². The summed E-state index contributed by atoms with van der Waals surface area (Å²) in [5.41, 5.74) is 7.02. The summed E-state index contributed by atoms with van der Waals surface area (Å²) in [7, 11) is 0. The van der Waals surface area contributed by atoms with E-state index in [2.05, 4.69) is 15.0 Å². The van der Waals surface area contributed by atoms with E-state index in [0.717, 1.165) is 18.4 Å². The van der Waals surface area contributed by atoms with E-state index in [4.69, 9.17) is 27.1 Å². The summed E-state index contributed by atoms with van der Waals surface area (Å²) in [4.78, 5) is 35.0. The number of aryl methyl sites for hydroxylation is 1. The topological polar surface area (TPSA) is 116 Å². The van der Waals surface area contributed by atoms with Gasteiger partial charge in [-0.3, -0.25) is 14.6 Å². The molecule has 0 bridgehead atoms. The Hall–Kier alpha value is -4.38. The minimum atomic E-state index is -3.10. The van der Waals surface area contributed by atoms with Crippen LogP contribution in [0.15, 0.2) is 48.7 Å². The van der Waals surface area contributed by atoms with Crippen LogP contribution in [0.1, 0.15) is 52.9 Å². The van der Waals surface area contributed by atoms with E-state index < -0.39 is 29.7 Å². The Morgan fingerprint density at radius 2 is 1.98 bits per heavy atom. The molecule has 228 valence electrons. The molecule has 0 unspecified atom stereocenters. The largest absolute Gasteiger partial charge is 0.489 e. The third-order valence-corrected chi connectivity index (χ3v) is 8.47. The SMILES string of the molecule is Cc1cnc2c(OC(F)F)cc(C(=O)NC[C@H](c3cc4c(c(-c5cc(Cl)ccc5F)n3)OC[C@]4(C)C(N)=O)C3CC3)cc2c1. The number of carbonyl (C=O) groups excluding carboxylic acids is 2. The van der Waals surface area contributed by atoms with Crippen molar-refractivity contribution in [1.29, 1.82) is 0 Å². The van der Waals surface area contributed by atoms with Gasteiger partial charge in [0.2, 0.25) is 5.91 Å². The molecule has 4 aromatic rings. The molecule has 3 N–H and O–H groups in total. The van der Waals surface area contributed by atoms with Gasteiger partial charge in [-0.05, 0) is 80.6 Å². The van der Waals surface area contributed by atoms with E-state index in [1.807, 2.05) is 0 Å². The molecular weight excluding hydrogens is 597 g/mol. The number of benzene rings is 2. The normalized spacial score (nSPS) is 18.2. The number of nitrogens with zero attached hydrogens (tertiary/aromatic N) is 2. The number of rotatable bonds is 9. The molecule has 8 nitrogen and oxygen atoms in total. The second-order valence-electron chi connectivity index (χ2n) is 11.5. The van der Waals surface area contributed by atoms with Crippen molar-refractivity contribution in [3.63, 3.8) is 0 Å². The molecular formula is C32H28ClF3N4O4. The molecule has 2 aromatic carbocycles. The predicted octanol–water partition coefficient (Wildman–Crippen LogP) is 6.06. The smallest absolute Gasteiger partial charge is 0.387 e. The first-order chi connectivity index (χ1) is 20.9. The van der Waals surface area contributed by atoms with Crippen LogP contribution in [0, 0.1) is 18.7 Å². The second-order valence-corrected chi connectivity index (χ2v) is 11.9. The number of nitrogens with two attached hydrogens (primary N) is 1. The van der Waals surface area contributed by atoms with Crippen LogP contribution >= 0.6 is 11.6 Å². The Kier molecular flexibility index (Phi) is 7.61. The molecule has 1 fully saturated rings. The zero-order valence-corrected chi connectivity index (χ0v) is 24.6. The first-order valence-corrected chi connectivity index (χ1v) is 14.4. The van der Waals surface area contributed by atoms with Crippen molar-refractivity contribution in [2.75, 3.05) is 13.2 Å². The molecule has 3 heterocycles. The Labute approximate surface area is 255 Å². The number of hydrogen-bond acceptors (Lipinski definition) is 6. The van der Waals surface area contributed by atoms with Crippen molar-refractivity contribution >= 4 is 34.3 Å². The highest BCUT2D eigenvalue weighted by molar-refractivity contribution is 6.30. The van der Waals surface area contributed by atoms with Crippen molar-refractivity contribution in [3.8, 4) is 22.8 Å². The van der Waals surface area contributed by atoms with Crippen LogP contribution in [0.2, 0.25) is 5.02 Å². The fourth-order valence-electron chi connectivity index (χ4n) is 5.62. The highest BCUT2D eigenvalue weighted by Gasteiger charge is 2.45. The van der Waals surface area contributed by atoms with Crippen LogP contribution in [-0.4, -0.2) is 41.5 Å². The van der Waals surface area contributed by atoms with Crippen LogP contribution in [-0.2, 0) is 10.2 Å². The monoisotopic (exact) mass is 624 g/mol. The van der Waals surface area contributed by atoms with Gasteiger partial charge in [0, 0.05) is 51.5 Å². The summed E-state index contributed by atoms with van der Waals surface area (Å²) in [6.45, 7) is 0.456. The Morgan fingerprint density at radius 3 is 2.68 bits per heavy atom. The van der Waals surface area contributed by atoms with E-state index in [-0.39, 0.29) is 58.8 Å². The molecule has 2 aromatic heterocycles. The minimum absolute atomic E-state index is 0.0396. The number of primary amides is 1. The summed E-state index contributed by atoms with van der Waals surface area (Å²) >= 11 is 6.20. The number of pyridine rings is 2. The maximum Gasteiger partial charge on any atom is 0.387 e. The van der Waals surface area contributed by atoms with Crippen LogP contribution < -0.4 is 20.5 Å². The zero-order valence-electron chi connectivity index (χ0n) is 23.8. The first-order valence-electron chi connectivity index (χ1n) is 14.0. The number of carbonyl (C=O) groups is 2. The lowest BCUT2D eigenvalue weighted by Crippen LogP contribution is -2.40. The molecule has 1 saturated carbocycles. The van der Waals surface area contributed by atoms with Gasteiger partial charge >= 0.3 is 6.61 Å². The van der Waals surface area contributed by atoms with E-state index in [0.29, 0.717) is 21.7 Å². The third-order valence-electron chi connectivity index (χ3n) is 8.24. The lowest BCUT2D eigenvalue weighted by molar-refractivity contribution is -0.123. The summed E-state index contributed by atoms with van der Waals surface area (Å²) in [5.74, 6) is -1.81. The summed E-state index contributed by atoms with van der Waals surface area (Å²) in [5, 5.41) is 3.68. The lowest BCUT2D eigenvalue weighted by Gasteiger charge is -2.22. The molecule has 1 aliphatic carbocycles. The van der Waals surface area contributed by atoms with E-state index >= 15 is 4.39 Å². The van der Waals surface area contributed by atoms with Crippen LogP contribution in [0.5, 0.6) is 11.5 Å². The van der Waals surface area contributed by atoms with E-state index in [1.165, 1.54) is 30.5 Å². The molecule has 1 aliphatic heterocycles. The van der Waals surface area contributed by atoms with Crippen molar-refractivity contribution in [1.82, 2.24) is 15.3 Å². The van der Waals surface area contributed by atoms with Crippen LogP contribution in [0.25, 0.3) is 22.2 Å². The predicted molar refractivity (Wildman–Crippen MR) is 158 cm³/mol. The summed E-state index contributed by atoms with van der Waals surface area (Å²) in [6, 6.07) is 10.4. The molecule has 0 saturated heterocycles. The highest BCUT2D eigenvalue weighted by Crippen LogP contribution is 2.48. The highest BCUT2D eigenvalue weighted by atomic mass is 35.5. The lowest BCUT2D eigenvalue weighted by atomic mass is 9.82. The average Bonchev–Trinajstić information content (AvgIpc) is 3.75. The number of nitrogens with one attached hydrogen (secondary N) is 1. The van der Waals surface area contributed by atoms with Crippen molar-refractivity contribution in [2.24, 2.45) is 11.7 Å². The number of halogens is 4. The van der Waals surface area contributed by atoms with Crippen LogP contribution in [0.3, 0.4) is 0 Å². The minimum Gasteiger partial charge on any atom is -0.489 e. The molecule has 6 rings (SSSR count). The first kappa shape index (κ1) is 29.7. The number of alkyl halides is 2. The van der Waals surface area contributed by atoms with Crippen LogP contribution in [0.4, 0.5) is 13.2 Å². The van der Waals surface area contributed by atoms with Crippen molar-refractivity contribution < 1.29 is 32.2 Å². The van der Waals surface area contributed by atoms with Gasteiger partial charge in [-0.15, -0.1) is 0 Å². The van der Waals surface area contributed by atoms with E-state index in [9.17, 15) is 18.4 Å². The van der Waals surface area contributed by atoms with Crippen molar-refractivity contribution in [3.05, 3.63) is 81.9 Å². The van der Waals surface area contributed by atoms with E-state index in [1.54, 1.807) is 32.0 Å². The Balaban J connectivity index is 1.37. The van der Waals surface area contributed by atoms with Gasteiger partial charge in [0.1, 0.15) is 34.8 Å². The molecule has 2 amide bonds. The number of hydrogen-bond donors (Lipinski definition) is 2. The molecule has 2 atom stereocenters. The summed E-state index contributed by atoms with van der Waals surface area (Å²) in [6.07, 6.45) is 3.27. The van der Waals surface area contributed by atoms with Gasteiger partial charge in [-0.1, -0.05) is 11.6 Å². The fraction of sp³-hybridized carbons (Fsp3) is 0.312. The standard InChI is InChI=1S/C32H28ClF3N4O4/c1-15-7-17-8-18(9-25(44-31(35)36)26(17)38-12-15)29(41)39-13-21(16-3-4-16)24-11-22-28(43-14-32(22,2)30(37)42)27(40-24)20-10-19(33)5-6-23(20)34/h5-12,16,21,31H,3-4,13-14H2,1-2H3,(H2,37,42)(H,39,41)/t21-,32-/m0/s1. The average molecular weight is 625 g/mol. The van der Waals surface area contributed by atoms with Crippen molar-refractivity contribution in [2.45, 2.75) is 44.6 Å². The maximum absolute atomic E-state index is 15.1. The zero-order chi connectivity index (χ0) is 31.3. The maximum atomic E-state index is 15.1. The molecule has 2 aliphatic rings. The number of amides is 2. The second kappa shape index (κ2) is 11.3. The van der Waals surface area contributed by atoms with Gasteiger partial charge in [-0.2, -0.15) is 8.78 Å². The third kappa shape index (κ3) is 5.52. The molecule has 44 heavy (non-hydrogen) atoms. The fourth-order valence-corrected chi connectivity index (χ4v) is 5.79. The molecule has 0 spiro atoms. The number of aromatic nitrogens is 2. The van der Waals surface area contributed by atoms with Gasteiger partial charge < -0.3 is 20.5 Å².